The standard InChI is InChI=1S/C30H29ClN2O3/c1-21-10-12-25(31)19-27(21)32-14-16-33(17-15-32)30(34)23-11-13-28(35-2)24(18-23)20-36-29-9-5-7-22-6-3-4-8-26(22)29/h3-13,18-19H,14-17,20H2,1-2H3. The number of ether oxygens (including phenoxy) is 2. The van der Waals surface area contributed by atoms with Crippen molar-refractivity contribution in [3.8, 4) is 11.5 Å². The lowest BCUT2D eigenvalue weighted by Gasteiger charge is -2.37. The number of benzene rings is 4. The van der Waals surface area contributed by atoms with E-state index in [1.165, 1.54) is 5.56 Å². The number of anilines is 1. The summed E-state index contributed by atoms with van der Waals surface area (Å²) in [5, 5.41) is 2.91. The van der Waals surface area contributed by atoms with Gasteiger partial charge < -0.3 is 19.3 Å². The normalized spacial score (nSPS) is 13.6. The molecule has 184 valence electrons. The maximum atomic E-state index is 13.4. The van der Waals surface area contributed by atoms with Crippen molar-refractivity contribution in [2.45, 2.75) is 13.5 Å². The van der Waals surface area contributed by atoms with Gasteiger partial charge in [-0.3, -0.25) is 4.79 Å². The summed E-state index contributed by atoms with van der Waals surface area (Å²) < 4.78 is 11.8. The lowest BCUT2D eigenvalue weighted by Crippen LogP contribution is -2.49. The second kappa shape index (κ2) is 10.5. The Hall–Kier alpha value is -3.70. The van der Waals surface area contributed by atoms with Crippen molar-refractivity contribution in [2.75, 3.05) is 38.2 Å². The largest absolute Gasteiger partial charge is 0.496 e. The van der Waals surface area contributed by atoms with Gasteiger partial charge in [-0.15, -0.1) is 0 Å². The Morgan fingerprint density at radius 1 is 0.889 bits per heavy atom. The molecule has 5 nitrogen and oxygen atoms in total. The minimum Gasteiger partial charge on any atom is -0.496 e. The molecule has 6 heteroatoms. The van der Waals surface area contributed by atoms with E-state index in [9.17, 15) is 4.79 Å². The molecule has 0 unspecified atom stereocenters. The van der Waals surface area contributed by atoms with Crippen molar-refractivity contribution >= 4 is 34.0 Å². The van der Waals surface area contributed by atoms with Crippen LogP contribution in [0.25, 0.3) is 10.8 Å². The van der Waals surface area contributed by atoms with Crippen molar-refractivity contribution in [2.24, 2.45) is 0 Å². The summed E-state index contributed by atoms with van der Waals surface area (Å²) in [5.41, 5.74) is 3.79. The van der Waals surface area contributed by atoms with Crippen LogP contribution in [0.4, 0.5) is 5.69 Å². The number of halogens is 1. The number of carbonyl (C=O) groups excluding carboxylic acids is 1. The molecule has 0 radical (unpaired) electrons. The molecule has 1 heterocycles. The Morgan fingerprint density at radius 3 is 2.47 bits per heavy atom. The van der Waals surface area contributed by atoms with Crippen LogP contribution >= 0.6 is 11.6 Å². The first-order valence-corrected chi connectivity index (χ1v) is 12.5. The second-order valence-corrected chi connectivity index (χ2v) is 9.44. The smallest absolute Gasteiger partial charge is 0.253 e. The fourth-order valence-corrected chi connectivity index (χ4v) is 4.92. The molecule has 0 spiro atoms. The molecule has 4 aromatic rings. The van der Waals surface area contributed by atoms with Crippen LogP contribution in [0, 0.1) is 6.92 Å². The first-order valence-electron chi connectivity index (χ1n) is 12.1. The molecule has 0 bridgehead atoms. The second-order valence-electron chi connectivity index (χ2n) is 9.00. The van der Waals surface area contributed by atoms with Crippen LogP contribution in [-0.2, 0) is 6.61 Å². The third-order valence-corrected chi connectivity index (χ3v) is 6.97. The zero-order valence-corrected chi connectivity index (χ0v) is 21.3. The number of carbonyl (C=O) groups is 1. The molecule has 0 N–H and O–H groups in total. The van der Waals surface area contributed by atoms with Crippen LogP contribution in [0.5, 0.6) is 11.5 Å². The van der Waals surface area contributed by atoms with E-state index in [2.05, 4.69) is 24.0 Å². The summed E-state index contributed by atoms with van der Waals surface area (Å²) in [6.45, 7) is 5.22. The molecule has 1 aliphatic heterocycles. The average Bonchev–Trinajstić information content (AvgIpc) is 2.92. The number of hydrogen-bond donors (Lipinski definition) is 0. The van der Waals surface area contributed by atoms with E-state index in [4.69, 9.17) is 21.1 Å². The predicted molar refractivity (Wildman–Crippen MR) is 146 cm³/mol. The Kier molecular flexibility index (Phi) is 7.01. The van der Waals surface area contributed by atoms with Gasteiger partial charge in [0.15, 0.2) is 0 Å². The number of aryl methyl sites for hydroxylation is 1. The van der Waals surface area contributed by atoms with E-state index in [1.807, 2.05) is 71.6 Å². The number of amides is 1. The van der Waals surface area contributed by atoms with Crippen LogP contribution in [0.15, 0.2) is 78.9 Å². The van der Waals surface area contributed by atoms with Gasteiger partial charge in [0.2, 0.25) is 0 Å². The Labute approximate surface area is 216 Å². The molecule has 0 atom stereocenters. The molecule has 1 aliphatic rings. The third-order valence-electron chi connectivity index (χ3n) is 6.74. The third kappa shape index (κ3) is 4.98. The highest BCUT2D eigenvalue weighted by Gasteiger charge is 2.24. The number of rotatable bonds is 6. The topological polar surface area (TPSA) is 42.0 Å². The van der Waals surface area contributed by atoms with Gasteiger partial charge in [-0.1, -0.05) is 54.1 Å². The van der Waals surface area contributed by atoms with Gasteiger partial charge in [-0.05, 0) is 54.3 Å². The van der Waals surface area contributed by atoms with Gasteiger partial charge >= 0.3 is 0 Å². The van der Waals surface area contributed by atoms with Gasteiger partial charge in [-0.25, -0.2) is 0 Å². The van der Waals surface area contributed by atoms with Gasteiger partial charge in [-0.2, -0.15) is 0 Å². The van der Waals surface area contributed by atoms with Crippen molar-refractivity contribution in [1.82, 2.24) is 4.90 Å². The maximum Gasteiger partial charge on any atom is 0.253 e. The fraction of sp³-hybridized carbons (Fsp3) is 0.233. The highest BCUT2D eigenvalue weighted by Crippen LogP contribution is 2.29. The van der Waals surface area contributed by atoms with Crippen molar-refractivity contribution in [1.29, 1.82) is 0 Å². The minimum atomic E-state index is 0.0199. The summed E-state index contributed by atoms with van der Waals surface area (Å²) in [4.78, 5) is 17.6. The number of nitrogens with zero attached hydrogens (tertiary/aromatic N) is 2. The van der Waals surface area contributed by atoms with E-state index in [1.54, 1.807) is 7.11 Å². The summed E-state index contributed by atoms with van der Waals surface area (Å²) in [6.07, 6.45) is 0. The van der Waals surface area contributed by atoms with Gasteiger partial charge in [0.1, 0.15) is 18.1 Å². The zero-order chi connectivity index (χ0) is 25.1. The summed E-state index contributed by atoms with van der Waals surface area (Å²) in [5.74, 6) is 1.53. The zero-order valence-electron chi connectivity index (χ0n) is 20.5. The Bertz CT molecular complexity index is 1390. The molecule has 36 heavy (non-hydrogen) atoms. The lowest BCUT2D eigenvalue weighted by atomic mass is 10.1. The maximum absolute atomic E-state index is 13.4. The molecular formula is C30H29ClN2O3. The number of fused-ring (bicyclic) bond motifs is 1. The molecule has 0 aromatic heterocycles. The summed E-state index contributed by atoms with van der Waals surface area (Å²) >= 11 is 6.22. The number of hydrogen-bond acceptors (Lipinski definition) is 4. The SMILES string of the molecule is COc1ccc(C(=O)N2CCN(c3cc(Cl)ccc3C)CC2)cc1COc1cccc2ccccc12. The van der Waals surface area contributed by atoms with E-state index >= 15 is 0 Å². The van der Waals surface area contributed by atoms with E-state index in [0.29, 0.717) is 31.0 Å². The van der Waals surface area contributed by atoms with Crippen LogP contribution in [0.3, 0.4) is 0 Å². The van der Waals surface area contributed by atoms with Gasteiger partial charge in [0.25, 0.3) is 5.91 Å². The molecule has 0 saturated carbocycles. The van der Waals surface area contributed by atoms with Crippen LogP contribution in [-0.4, -0.2) is 44.1 Å². The van der Waals surface area contributed by atoms with Crippen molar-refractivity contribution in [3.63, 3.8) is 0 Å². The number of methoxy groups -OCH3 is 1. The Balaban J connectivity index is 1.29. The lowest BCUT2D eigenvalue weighted by molar-refractivity contribution is 0.0746. The number of piperazine rings is 1. The highest BCUT2D eigenvalue weighted by molar-refractivity contribution is 6.30. The van der Waals surface area contributed by atoms with Crippen molar-refractivity contribution < 1.29 is 14.3 Å². The van der Waals surface area contributed by atoms with E-state index < -0.39 is 0 Å². The molecule has 1 saturated heterocycles. The predicted octanol–water partition coefficient (Wildman–Crippen LogP) is 6.35. The first-order chi connectivity index (χ1) is 17.5. The highest BCUT2D eigenvalue weighted by atomic mass is 35.5. The quantitative estimate of drug-likeness (QED) is 0.309. The average molecular weight is 501 g/mol. The summed E-state index contributed by atoms with van der Waals surface area (Å²) in [6, 6.07) is 25.7. The first kappa shape index (κ1) is 24.0. The van der Waals surface area contributed by atoms with Crippen LogP contribution in [0.1, 0.15) is 21.5 Å². The molecule has 1 amide bonds. The van der Waals surface area contributed by atoms with Gasteiger partial charge in [0.05, 0.1) is 7.11 Å². The molecule has 1 fully saturated rings. The minimum absolute atomic E-state index is 0.0199. The Morgan fingerprint density at radius 2 is 1.67 bits per heavy atom. The van der Waals surface area contributed by atoms with Crippen LogP contribution in [0.2, 0.25) is 5.02 Å². The molecule has 4 aromatic carbocycles. The summed E-state index contributed by atoms with van der Waals surface area (Å²) in [7, 11) is 1.63. The molecule has 5 rings (SSSR count). The monoisotopic (exact) mass is 500 g/mol. The fourth-order valence-electron chi connectivity index (χ4n) is 4.76. The molecule has 0 aliphatic carbocycles. The van der Waals surface area contributed by atoms with Gasteiger partial charge in [0, 0.05) is 53.4 Å². The van der Waals surface area contributed by atoms with Crippen LogP contribution < -0.4 is 14.4 Å². The van der Waals surface area contributed by atoms with E-state index in [0.717, 1.165) is 45.9 Å². The molecular weight excluding hydrogens is 472 g/mol. The van der Waals surface area contributed by atoms with E-state index in [-0.39, 0.29) is 5.91 Å². The van der Waals surface area contributed by atoms with Crippen molar-refractivity contribution in [3.05, 3.63) is 101 Å².